The fraction of sp³-hybridized carbons (Fsp3) is 0.400. The van der Waals surface area contributed by atoms with E-state index in [1.165, 1.54) is 11.0 Å². The molecular weight excluding hydrogens is 147 g/mol. The molecule has 62 valence electrons. The maximum Gasteiger partial charge on any atom is 0.324 e. The summed E-state index contributed by atoms with van der Waals surface area (Å²) in [4.78, 5) is 0. The largest absolute Gasteiger partial charge is 0.424 e. The second kappa shape index (κ2) is 2.94. The van der Waals surface area contributed by atoms with E-state index < -0.39 is 0 Å². The highest BCUT2D eigenvalue weighted by Gasteiger charge is 2.29. The minimum Gasteiger partial charge on any atom is -0.424 e. The standard InChI is InChI=1S/C10H13BO/c1-3-10-8-6-4-5-7-9(8)11(2)12-10/h4-7,10H,3H2,1-2H3/t10-/m0/s1. The van der Waals surface area contributed by atoms with Gasteiger partial charge >= 0.3 is 6.92 Å². The van der Waals surface area contributed by atoms with Crippen molar-refractivity contribution in [2.75, 3.05) is 0 Å². The summed E-state index contributed by atoms with van der Waals surface area (Å²) in [7, 11) is 0. The monoisotopic (exact) mass is 160 g/mol. The van der Waals surface area contributed by atoms with E-state index in [4.69, 9.17) is 4.65 Å². The highest BCUT2D eigenvalue weighted by molar-refractivity contribution is 6.67. The lowest BCUT2D eigenvalue weighted by Gasteiger charge is -2.08. The maximum atomic E-state index is 5.78. The van der Waals surface area contributed by atoms with Crippen molar-refractivity contribution in [2.24, 2.45) is 0 Å². The molecule has 1 nitrogen and oxygen atoms in total. The second-order valence-corrected chi connectivity index (χ2v) is 3.30. The third-order valence-corrected chi connectivity index (χ3v) is 2.52. The Bertz CT molecular complexity index is 285. The van der Waals surface area contributed by atoms with Crippen molar-refractivity contribution in [2.45, 2.75) is 26.3 Å². The van der Waals surface area contributed by atoms with Crippen LogP contribution in [-0.2, 0) is 4.65 Å². The van der Waals surface area contributed by atoms with Crippen LogP contribution in [0, 0.1) is 0 Å². The molecule has 2 heteroatoms. The van der Waals surface area contributed by atoms with Crippen molar-refractivity contribution < 1.29 is 4.65 Å². The fourth-order valence-corrected chi connectivity index (χ4v) is 1.88. The molecule has 1 aromatic rings. The Kier molecular flexibility index (Phi) is 1.93. The Labute approximate surface area is 73.9 Å². The molecule has 0 spiro atoms. The predicted molar refractivity (Wildman–Crippen MR) is 51.8 cm³/mol. The molecule has 0 fully saturated rings. The number of fused-ring (bicyclic) bond motifs is 1. The Morgan fingerprint density at radius 1 is 1.42 bits per heavy atom. The summed E-state index contributed by atoms with van der Waals surface area (Å²) in [5.74, 6) is 0. The van der Waals surface area contributed by atoms with Crippen molar-refractivity contribution in [3.05, 3.63) is 29.8 Å². The van der Waals surface area contributed by atoms with Gasteiger partial charge in [-0.25, -0.2) is 0 Å². The predicted octanol–water partition coefficient (Wildman–Crippen LogP) is 2.00. The molecular formula is C10H13BO. The van der Waals surface area contributed by atoms with E-state index in [0.29, 0.717) is 6.10 Å². The minimum absolute atomic E-state index is 0.283. The van der Waals surface area contributed by atoms with Gasteiger partial charge < -0.3 is 4.65 Å². The van der Waals surface area contributed by atoms with Gasteiger partial charge in [0.2, 0.25) is 0 Å². The van der Waals surface area contributed by atoms with Crippen LogP contribution in [0.3, 0.4) is 0 Å². The van der Waals surface area contributed by atoms with E-state index >= 15 is 0 Å². The van der Waals surface area contributed by atoms with E-state index in [-0.39, 0.29) is 6.92 Å². The quantitative estimate of drug-likeness (QED) is 0.571. The van der Waals surface area contributed by atoms with Gasteiger partial charge in [0.1, 0.15) is 0 Å². The molecule has 0 amide bonds. The molecule has 1 atom stereocenters. The molecule has 0 bridgehead atoms. The topological polar surface area (TPSA) is 9.23 Å². The molecule has 12 heavy (non-hydrogen) atoms. The van der Waals surface area contributed by atoms with Gasteiger partial charge in [-0.1, -0.05) is 38.0 Å². The van der Waals surface area contributed by atoms with Crippen molar-refractivity contribution in [1.29, 1.82) is 0 Å². The van der Waals surface area contributed by atoms with Crippen molar-refractivity contribution in [1.82, 2.24) is 0 Å². The minimum atomic E-state index is 0.283. The zero-order chi connectivity index (χ0) is 8.55. The average Bonchev–Trinajstić information content (AvgIpc) is 2.44. The maximum absolute atomic E-state index is 5.78. The lowest BCUT2D eigenvalue weighted by Crippen LogP contribution is -2.23. The lowest BCUT2D eigenvalue weighted by atomic mass is 9.64. The molecule has 0 N–H and O–H groups in total. The smallest absolute Gasteiger partial charge is 0.324 e. The normalized spacial score (nSPS) is 21.2. The van der Waals surface area contributed by atoms with Gasteiger partial charge in [0, 0.05) is 0 Å². The van der Waals surface area contributed by atoms with Crippen molar-refractivity contribution in [3.63, 3.8) is 0 Å². The molecule has 1 heterocycles. The third kappa shape index (κ3) is 1.07. The number of benzene rings is 1. The first kappa shape index (κ1) is 7.87. The Morgan fingerprint density at radius 2 is 2.17 bits per heavy atom. The molecule has 0 saturated carbocycles. The van der Waals surface area contributed by atoms with Crippen LogP contribution in [0.2, 0.25) is 6.82 Å². The van der Waals surface area contributed by atoms with E-state index in [9.17, 15) is 0 Å². The van der Waals surface area contributed by atoms with Gasteiger partial charge in [-0.3, -0.25) is 0 Å². The van der Waals surface area contributed by atoms with Crippen molar-refractivity contribution >= 4 is 12.4 Å². The molecule has 0 aromatic heterocycles. The van der Waals surface area contributed by atoms with Crippen LogP contribution in [0.4, 0.5) is 0 Å². The molecule has 0 saturated heterocycles. The lowest BCUT2D eigenvalue weighted by molar-refractivity contribution is 0.221. The molecule has 1 aliphatic rings. The summed E-state index contributed by atoms with van der Waals surface area (Å²) in [6.07, 6.45) is 1.40. The molecule has 0 aliphatic carbocycles. The summed E-state index contributed by atoms with van der Waals surface area (Å²) in [6, 6.07) is 8.50. The van der Waals surface area contributed by atoms with Gasteiger partial charge in [-0.15, -0.1) is 0 Å². The summed E-state index contributed by atoms with van der Waals surface area (Å²) in [6.45, 7) is 4.57. The van der Waals surface area contributed by atoms with Crippen LogP contribution in [0.1, 0.15) is 25.0 Å². The molecule has 0 unspecified atom stereocenters. The Morgan fingerprint density at radius 3 is 2.92 bits per heavy atom. The van der Waals surface area contributed by atoms with Crippen LogP contribution >= 0.6 is 0 Å². The van der Waals surface area contributed by atoms with E-state index in [1.54, 1.807) is 0 Å². The van der Waals surface area contributed by atoms with Gasteiger partial charge in [0.05, 0.1) is 6.10 Å². The van der Waals surface area contributed by atoms with Gasteiger partial charge in [-0.05, 0) is 17.4 Å². The number of rotatable bonds is 1. The van der Waals surface area contributed by atoms with E-state index in [0.717, 1.165) is 6.42 Å². The summed E-state index contributed by atoms with van der Waals surface area (Å²) in [5, 5.41) is 0. The van der Waals surface area contributed by atoms with E-state index in [1.807, 2.05) is 0 Å². The first-order valence-electron chi connectivity index (χ1n) is 4.57. The Balaban J connectivity index is 2.43. The first-order chi connectivity index (χ1) is 5.83. The Hall–Kier alpha value is -0.755. The zero-order valence-corrected chi connectivity index (χ0v) is 7.58. The van der Waals surface area contributed by atoms with Crippen LogP contribution in [0.5, 0.6) is 0 Å². The van der Waals surface area contributed by atoms with Crippen LogP contribution < -0.4 is 5.46 Å². The van der Waals surface area contributed by atoms with Crippen LogP contribution in [0.25, 0.3) is 0 Å². The van der Waals surface area contributed by atoms with Gasteiger partial charge in [0.15, 0.2) is 0 Å². The highest BCUT2D eigenvalue weighted by Crippen LogP contribution is 2.26. The van der Waals surface area contributed by atoms with Gasteiger partial charge in [0.25, 0.3) is 0 Å². The zero-order valence-electron chi connectivity index (χ0n) is 7.58. The average molecular weight is 160 g/mol. The van der Waals surface area contributed by atoms with Crippen LogP contribution in [0.15, 0.2) is 24.3 Å². The summed E-state index contributed by atoms with van der Waals surface area (Å²) >= 11 is 0. The van der Waals surface area contributed by atoms with Crippen molar-refractivity contribution in [3.8, 4) is 0 Å². The number of hydrogen-bond donors (Lipinski definition) is 0. The summed E-state index contributed by atoms with van der Waals surface area (Å²) in [5.41, 5.74) is 2.75. The molecule has 0 radical (unpaired) electrons. The highest BCUT2D eigenvalue weighted by atomic mass is 16.5. The molecule has 1 aliphatic heterocycles. The van der Waals surface area contributed by atoms with E-state index in [2.05, 4.69) is 38.0 Å². The molecule has 1 aromatic carbocycles. The molecule has 2 rings (SSSR count). The van der Waals surface area contributed by atoms with Crippen LogP contribution in [-0.4, -0.2) is 6.92 Å². The summed E-state index contributed by atoms with van der Waals surface area (Å²) < 4.78 is 5.78. The number of hydrogen-bond acceptors (Lipinski definition) is 1. The SMILES string of the molecule is CC[C@@H]1OB(C)c2ccccc21. The third-order valence-electron chi connectivity index (χ3n) is 2.52. The fourth-order valence-electron chi connectivity index (χ4n) is 1.88. The first-order valence-corrected chi connectivity index (χ1v) is 4.57. The second-order valence-electron chi connectivity index (χ2n) is 3.30. The van der Waals surface area contributed by atoms with Gasteiger partial charge in [-0.2, -0.15) is 0 Å².